The molecule has 0 unspecified atom stereocenters. The van der Waals surface area contributed by atoms with E-state index in [1.54, 1.807) is 17.2 Å². The van der Waals surface area contributed by atoms with Crippen LogP contribution in [0, 0.1) is 6.92 Å². The van der Waals surface area contributed by atoms with Gasteiger partial charge < -0.3 is 24.3 Å². The lowest BCUT2D eigenvalue weighted by Gasteiger charge is -2.35. The van der Waals surface area contributed by atoms with Crippen molar-refractivity contribution in [3.05, 3.63) is 75.7 Å². The van der Waals surface area contributed by atoms with Gasteiger partial charge in [-0.2, -0.15) is 10.1 Å². The zero-order chi connectivity index (χ0) is 32.7. The number of fused-ring (bicyclic) bond motifs is 1. The number of thiophene rings is 1. The highest BCUT2D eigenvalue weighted by Crippen LogP contribution is 2.35. The minimum Gasteiger partial charge on any atom is -0.444 e. The summed E-state index contributed by atoms with van der Waals surface area (Å²) in [6.45, 7) is 12.8. The van der Waals surface area contributed by atoms with E-state index in [-0.39, 0.29) is 11.5 Å². The van der Waals surface area contributed by atoms with Crippen LogP contribution in [-0.2, 0) is 11.3 Å². The largest absolute Gasteiger partial charge is 0.444 e. The Morgan fingerprint density at radius 2 is 1.83 bits per heavy atom. The molecular weight excluding hydrogens is 616 g/mol. The molecule has 13 heteroatoms. The van der Waals surface area contributed by atoms with Gasteiger partial charge in [-0.15, -0.1) is 11.3 Å². The van der Waals surface area contributed by atoms with Crippen molar-refractivity contribution in [3.8, 4) is 16.9 Å². The van der Waals surface area contributed by atoms with Crippen LogP contribution in [0.3, 0.4) is 0 Å². The predicted octanol–water partition coefficient (Wildman–Crippen LogP) is 5.81. The van der Waals surface area contributed by atoms with E-state index in [1.165, 1.54) is 23.3 Å². The van der Waals surface area contributed by atoms with Gasteiger partial charge in [0.05, 0.1) is 5.69 Å². The first-order valence-electron chi connectivity index (χ1n) is 15.9. The van der Waals surface area contributed by atoms with Gasteiger partial charge in [-0.3, -0.25) is 9.69 Å². The van der Waals surface area contributed by atoms with Crippen LogP contribution in [0.1, 0.15) is 38.4 Å². The molecule has 2 saturated heterocycles. The number of piperazine rings is 1. The summed E-state index contributed by atoms with van der Waals surface area (Å²) in [5.74, 6) is 1.66. The quantitative estimate of drug-likeness (QED) is 0.230. The molecular formula is C34H38N8O4S. The highest BCUT2D eigenvalue weighted by atomic mass is 32.1. The molecule has 0 spiro atoms. The third-order valence-electron chi connectivity index (χ3n) is 8.34. The van der Waals surface area contributed by atoms with E-state index in [4.69, 9.17) is 14.1 Å². The van der Waals surface area contributed by atoms with Gasteiger partial charge in [-0.05, 0) is 64.9 Å². The number of benzene rings is 1. The molecule has 47 heavy (non-hydrogen) atoms. The Balaban J connectivity index is 1.05. The number of carbonyl (C=O) groups excluding carboxylic acids is 1. The number of aryl methyl sites for hydroxylation is 1. The summed E-state index contributed by atoms with van der Waals surface area (Å²) in [6, 6.07) is 11.3. The number of nitrogens with zero attached hydrogens (tertiary/aromatic N) is 7. The van der Waals surface area contributed by atoms with E-state index < -0.39 is 5.60 Å². The number of hydrogen-bond acceptors (Lipinski definition) is 11. The van der Waals surface area contributed by atoms with Crippen molar-refractivity contribution in [2.24, 2.45) is 0 Å². The van der Waals surface area contributed by atoms with E-state index in [0.29, 0.717) is 54.1 Å². The number of carbonyl (C=O) groups is 1. The summed E-state index contributed by atoms with van der Waals surface area (Å²) in [5.41, 5.74) is 4.74. The van der Waals surface area contributed by atoms with Crippen molar-refractivity contribution < 1.29 is 13.9 Å². The fourth-order valence-electron chi connectivity index (χ4n) is 5.67. The van der Waals surface area contributed by atoms with E-state index in [9.17, 15) is 9.59 Å². The fourth-order valence-corrected chi connectivity index (χ4v) is 6.58. The van der Waals surface area contributed by atoms with Crippen LogP contribution >= 0.6 is 11.3 Å². The minimum atomic E-state index is -0.549. The molecule has 4 aromatic heterocycles. The van der Waals surface area contributed by atoms with Gasteiger partial charge in [0.25, 0.3) is 0 Å². The zero-order valence-corrected chi connectivity index (χ0v) is 27.8. The standard InChI is InChI=1S/C34H38N8O4S/c1-22-24(19-39-12-5-13-39)20-42(38-22)28-10-11-35-32(37-28)36-25-8-6-23(7-9-25)26-21-47-31-27(43)18-29(45-30(26)31)40-14-16-41(17-15-40)33(44)46-34(2,3)4/h6-11,18,20-21H,5,12-17,19H2,1-4H3,(H,35,36,37). The van der Waals surface area contributed by atoms with Crippen molar-refractivity contribution >= 4 is 45.2 Å². The second kappa shape index (κ2) is 12.5. The van der Waals surface area contributed by atoms with Crippen LogP contribution in [0.4, 0.5) is 22.3 Å². The van der Waals surface area contributed by atoms with Crippen molar-refractivity contribution in [2.75, 3.05) is 49.5 Å². The van der Waals surface area contributed by atoms with E-state index >= 15 is 0 Å². The van der Waals surface area contributed by atoms with Gasteiger partial charge in [0, 0.05) is 79.4 Å². The van der Waals surface area contributed by atoms with Gasteiger partial charge in [-0.1, -0.05) is 12.1 Å². The lowest BCUT2D eigenvalue weighted by molar-refractivity contribution is 0.0239. The molecule has 0 bridgehead atoms. The van der Waals surface area contributed by atoms with Gasteiger partial charge >= 0.3 is 6.09 Å². The average Bonchev–Trinajstić information content (AvgIpc) is 3.62. The molecule has 1 N–H and O–H groups in total. The first-order chi connectivity index (χ1) is 22.6. The van der Waals surface area contributed by atoms with E-state index in [0.717, 1.165) is 42.1 Å². The third-order valence-corrected chi connectivity index (χ3v) is 9.32. The molecule has 0 saturated carbocycles. The predicted molar refractivity (Wildman–Crippen MR) is 183 cm³/mol. The van der Waals surface area contributed by atoms with Gasteiger partial charge in [0.1, 0.15) is 10.3 Å². The first-order valence-corrected chi connectivity index (χ1v) is 16.7. The molecule has 0 aliphatic carbocycles. The monoisotopic (exact) mass is 654 g/mol. The number of nitrogens with one attached hydrogen (secondary N) is 1. The van der Waals surface area contributed by atoms with Crippen LogP contribution in [0.2, 0.25) is 0 Å². The molecule has 2 fully saturated rings. The maximum absolute atomic E-state index is 13.1. The minimum absolute atomic E-state index is 0.0811. The Morgan fingerprint density at radius 1 is 1.06 bits per heavy atom. The average molecular weight is 655 g/mol. The number of anilines is 3. The first kappa shape index (κ1) is 30.9. The summed E-state index contributed by atoms with van der Waals surface area (Å²) in [7, 11) is 0. The second-order valence-electron chi connectivity index (χ2n) is 13.0. The lowest BCUT2D eigenvalue weighted by Crippen LogP contribution is -2.50. The summed E-state index contributed by atoms with van der Waals surface area (Å²) >= 11 is 1.38. The SMILES string of the molecule is Cc1nn(-c2ccnc(Nc3ccc(-c4csc5c(=O)cc(N6CCN(C(=O)OC(C)(C)C)CC6)oc45)cc3)n2)cc1CN1CCC1. The van der Waals surface area contributed by atoms with E-state index in [1.807, 2.05) is 79.2 Å². The number of hydrogen-bond donors (Lipinski definition) is 1. The van der Waals surface area contributed by atoms with Crippen LogP contribution in [0.25, 0.3) is 27.2 Å². The Labute approximate surface area is 276 Å². The molecule has 5 aromatic rings. The Kier molecular flexibility index (Phi) is 8.18. The molecule has 6 heterocycles. The summed E-state index contributed by atoms with van der Waals surface area (Å²) in [4.78, 5) is 40.8. The zero-order valence-electron chi connectivity index (χ0n) is 27.0. The molecule has 2 aliphatic rings. The highest BCUT2D eigenvalue weighted by molar-refractivity contribution is 7.17. The van der Waals surface area contributed by atoms with E-state index in [2.05, 4.69) is 20.3 Å². The molecule has 2 aliphatic heterocycles. The van der Waals surface area contributed by atoms with Crippen LogP contribution in [-0.4, -0.2) is 80.5 Å². The molecule has 244 valence electrons. The number of amides is 1. The number of likely N-dealkylation sites (tertiary alicyclic amines) is 1. The van der Waals surface area contributed by atoms with Crippen molar-refractivity contribution in [1.29, 1.82) is 0 Å². The maximum Gasteiger partial charge on any atom is 0.410 e. The Bertz CT molecular complexity index is 1960. The maximum atomic E-state index is 13.1. The molecule has 12 nitrogen and oxygen atoms in total. The Morgan fingerprint density at radius 3 is 2.53 bits per heavy atom. The fraction of sp³-hybridized carbons (Fsp3) is 0.382. The Hall–Kier alpha value is -4.75. The number of aromatic nitrogens is 4. The van der Waals surface area contributed by atoms with Crippen LogP contribution < -0.4 is 15.6 Å². The molecule has 0 radical (unpaired) electrons. The van der Waals surface area contributed by atoms with Crippen LogP contribution in [0.5, 0.6) is 0 Å². The second-order valence-corrected chi connectivity index (χ2v) is 13.8. The summed E-state index contributed by atoms with van der Waals surface area (Å²) < 4.78 is 14.3. The molecule has 7 rings (SSSR count). The summed E-state index contributed by atoms with van der Waals surface area (Å²) in [5, 5.41) is 9.94. The van der Waals surface area contributed by atoms with Crippen LogP contribution in [0.15, 0.2) is 63.4 Å². The topological polar surface area (TPSA) is 122 Å². The smallest absolute Gasteiger partial charge is 0.410 e. The number of rotatable bonds is 7. The van der Waals surface area contributed by atoms with Gasteiger partial charge in [0.15, 0.2) is 17.3 Å². The van der Waals surface area contributed by atoms with Gasteiger partial charge in [0.2, 0.25) is 11.4 Å². The summed E-state index contributed by atoms with van der Waals surface area (Å²) in [6.07, 6.45) is 4.70. The highest BCUT2D eigenvalue weighted by Gasteiger charge is 2.27. The lowest BCUT2D eigenvalue weighted by atomic mass is 10.1. The normalized spacial score (nSPS) is 15.6. The van der Waals surface area contributed by atoms with Crippen molar-refractivity contribution in [1.82, 2.24) is 29.5 Å². The van der Waals surface area contributed by atoms with Gasteiger partial charge in [-0.25, -0.2) is 14.5 Å². The van der Waals surface area contributed by atoms with Crippen molar-refractivity contribution in [2.45, 2.75) is 46.3 Å². The molecule has 0 atom stereocenters. The molecule has 1 amide bonds. The molecule has 1 aromatic carbocycles. The third kappa shape index (κ3) is 6.72. The van der Waals surface area contributed by atoms with Crippen molar-refractivity contribution in [3.63, 3.8) is 0 Å². The number of ether oxygens (including phenoxy) is 1.